The van der Waals surface area contributed by atoms with Gasteiger partial charge in [0.2, 0.25) is 5.75 Å². The third kappa shape index (κ3) is 6.00. The molecular formula is C21H24O7. The van der Waals surface area contributed by atoms with Crippen molar-refractivity contribution in [3.8, 4) is 23.0 Å². The van der Waals surface area contributed by atoms with E-state index in [4.69, 9.17) is 23.7 Å². The van der Waals surface area contributed by atoms with Crippen molar-refractivity contribution >= 4 is 12.0 Å². The van der Waals surface area contributed by atoms with Crippen LogP contribution in [0.3, 0.4) is 0 Å². The molecule has 0 fully saturated rings. The van der Waals surface area contributed by atoms with Crippen LogP contribution < -0.4 is 18.9 Å². The highest BCUT2D eigenvalue weighted by atomic mass is 16.6. The van der Waals surface area contributed by atoms with Crippen LogP contribution in [0, 0.1) is 0 Å². The number of benzene rings is 2. The second-order valence-electron chi connectivity index (χ2n) is 5.76. The van der Waals surface area contributed by atoms with Crippen LogP contribution in [0.4, 0.5) is 0 Å². The molecule has 0 saturated carbocycles. The Morgan fingerprint density at radius 2 is 1.64 bits per heavy atom. The van der Waals surface area contributed by atoms with Crippen molar-refractivity contribution in [3.63, 3.8) is 0 Å². The summed E-state index contributed by atoms with van der Waals surface area (Å²) in [5.41, 5.74) is 1.58. The molecule has 1 atom stereocenters. The first-order valence-electron chi connectivity index (χ1n) is 8.52. The standard InChI is InChI=1S/C21H24O7/c1-14(22)28-21-18(25-3)11-16(12-19(21)26-4)7-10-20(23)27-13-15-5-8-17(24-2)9-6-15/h5-12,20,23H,13H2,1-4H3. The van der Waals surface area contributed by atoms with Gasteiger partial charge in [-0.3, -0.25) is 4.79 Å². The molecule has 0 aliphatic carbocycles. The Hall–Kier alpha value is -3.03. The van der Waals surface area contributed by atoms with E-state index in [0.717, 1.165) is 11.3 Å². The predicted octanol–water partition coefficient (Wildman–Crippen LogP) is 3.19. The first-order chi connectivity index (χ1) is 13.5. The summed E-state index contributed by atoms with van der Waals surface area (Å²) in [5.74, 6) is 1.14. The topological polar surface area (TPSA) is 83.5 Å². The SMILES string of the molecule is COc1ccc(COC(O)C=Cc2cc(OC)c(OC(C)=O)c(OC)c2)cc1. The van der Waals surface area contributed by atoms with E-state index in [1.807, 2.05) is 24.3 Å². The second kappa shape index (κ2) is 10.3. The molecule has 1 unspecified atom stereocenters. The Bertz CT molecular complexity index is 787. The number of hydrogen-bond acceptors (Lipinski definition) is 7. The van der Waals surface area contributed by atoms with E-state index >= 15 is 0 Å². The lowest BCUT2D eigenvalue weighted by molar-refractivity contribution is -0.132. The van der Waals surface area contributed by atoms with Gasteiger partial charge >= 0.3 is 5.97 Å². The lowest BCUT2D eigenvalue weighted by Gasteiger charge is -2.13. The highest BCUT2D eigenvalue weighted by molar-refractivity contribution is 5.73. The molecule has 7 nitrogen and oxygen atoms in total. The molecule has 1 N–H and O–H groups in total. The number of hydrogen-bond donors (Lipinski definition) is 1. The average Bonchev–Trinajstić information content (AvgIpc) is 2.71. The van der Waals surface area contributed by atoms with E-state index in [1.54, 1.807) is 25.3 Å². The summed E-state index contributed by atoms with van der Waals surface area (Å²) in [4.78, 5) is 11.3. The molecule has 2 aromatic carbocycles. The van der Waals surface area contributed by atoms with Gasteiger partial charge in [-0.1, -0.05) is 18.2 Å². The fourth-order valence-electron chi connectivity index (χ4n) is 2.39. The number of carbonyl (C=O) groups is 1. The number of esters is 1. The van der Waals surface area contributed by atoms with Gasteiger partial charge < -0.3 is 28.8 Å². The van der Waals surface area contributed by atoms with E-state index < -0.39 is 12.3 Å². The molecule has 0 bridgehead atoms. The minimum atomic E-state index is -1.10. The summed E-state index contributed by atoms with van der Waals surface area (Å²) in [6, 6.07) is 10.7. The van der Waals surface area contributed by atoms with Gasteiger partial charge in [-0.2, -0.15) is 0 Å². The zero-order chi connectivity index (χ0) is 20.5. The van der Waals surface area contributed by atoms with Gasteiger partial charge in [0.15, 0.2) is 17.8 Å². The molecule has 0 amide bonds. The minimum Gasteiger partial charge on any atom is -0.497 e. The lowest BCUT2D eigenvalue weighted by Crippen LogP contribution is -2.08. The molecule has 0 radical (unpaired) electrons. The van der Waals surface area contributed by atoms with Crippen LogP contribution in [0.1, 0.15) is 18.1 Å². The summed E-state index contributed by atoms with van der Waals surface area (Å²) < 4.78 is 26.2. The van der Waals surface area contributed by atoms with Gasteiger partial charge in [-0.25, -0.2) is 0 Å². The number of ether oxygens (including phenoxy) is 5. The molecule has 0 aromatic heterocycles. The average molecular weight is 388 g/mol. The fourth-order valence-corrected chi connectivity index (χ4v) is 2.39. The van der Waals surface area contributed by atoms with Crippen molar-refractivity contribution in [2.45, 2.75) is 19.8 Å². The largest absolute Gasteiger partial charge is 0.497 e. The maximum atomic E-state index is 11.3. The summed E-state index contributed by atoms with van der Waals surface area (Å²) in [7, 11) is 4.52. The van der Waals surface area contributed by atoms with Gasteiger partial charge in [0.25, 0.3) is 0 Å². The van der Waals surface area contributed by atoms with Crippen molar-refractivity contribution < 1.29 is 33.6 Å². The molecule has 0 aliphatic heterocycles. The van der Waals surface area contributed by atoms with Gasteiger partial charge in [0.05, 0.1) is 27.9 Å². The normalized spacial score (nSPS) is 11.9. The van der Waals surface area contributed by atoms with Crippen LogP contribution in [-0.2, 0) is 16.1 Å². The Balaban J connectivity index is 2.05. The quantitative estimate of drug-likeness (QED) is 0.401. The van der Waals surface area contributed by atoms with Crippen LogP contribution in [0.25, 0.3) is 6.08 Å². The highest BCUT2D eigenvalue weighted by Crippen LogP contribution is 2.39. The molecule has 2 rings (SSSR count). The van der Waals surface area contributed by atoms with Crippen molar-refractivity contribution in [1.82, 2.24) is 0 Å². The van der Waals surface area contributed by atoms with Crippen LogP contribution in [-0.4, -0.2) is 38.7 Å². The number of methoxy groups -OCH3 is 3. The third-order valence-electron chi connectivity index (χ3n) is 3.76. The molecular weight excluding hydrogens is 364 g/mol. The highest BCUT2D eigenvalue weighted by Gasteiger charge is 2.15. The van der Waals surface area contributed by atoms with E-state index in [-0.39, 0.29) is 12.4 Å². The van der Waals surface area contributed by atoms with Gasteiger partial charge in [0, 0.05) is 6.92 Å². The van der Waals surface area contributed by atoms with Crippen molar-refractivity contribution in [1.29, 1.82) is 0 Å². The molecule has 28 heavy (non-hydrogen) atoms. The number of rotatable bonds is 9. The van der Waals surface area contributed by atoms with E-state index in [9.17, 15) is 9.90 Å². The third-order valence-corrected chi connectivity index (χ3v) is 3.76. The molecule has 0 saturated heterocycles. The molecule has 0 aliphatic rings. The summed E-state index contributed by atoms with van der Waals surface area (Å²) in [6.45, 7) is 1.54. The summed E-state index contributed by atoms with van der Waals surface area (Å²) in [5, 5.41) is 10.0. The van der Waals surface area contributed by atoms with E-state index in [0.29, 0.717) is 17.1 Å². The van der Waals surface area contributed by atoms with Gasteiger partial charge in [-0.15, -0.1) is 0 Å². The predicted molar refractivity (Wildman–Crippen MR) is 104 cm³/mol. The molecule has 2 aromatic rings. The second-order valence-corrected chi connectivity index (χ2v) is 5.76. The maximum absolute atomic E-state index is 11.3. The fraction of sp³-hybridized carbons (Fsp3) is 0.286. The first-order valence-corrected chi connectivity index (χ1v) is 8.52. The smallest absolute Gasteiger partial charge is 0.308 e. The Labute approximate surface area is 164 Å². The Kier molecular flexibility index (Phi) is 7.86. The lowest BCUT2D eigenvalue weighted by atomic mass is 10.1. The monoisotopic (exact) mass is 388 g/mol. The minimum absolute atomic E-state index is 0.200. The van der Waals surface area contributed by atoms with Crippen LogP contribution >= 0.6 is 0 Å². The van der Waals surface area contributed by atoms with Crippen molar-refractivity contribution in [3.05, 3.63) is 53.6 Å². The summed E-state index contributed by atoms with van der Waals surface area (Å²) >= 11 is 0. The van der Waals surface area contributed by atoms with Crippen LogP contribution in [0.2, 0.25) is 0 Å². The van der Waals surface area contributed by atoms with Crippen molar-refractivity contribution in [2.75, 3.05) is 21.3 Å². The summed E-state index contributed by atoms with van der Waals surface area (Å²) in [6.07, 6.45) is 2.04. The molecule has 0 heterocycles. The molecule has 150 valence electrons. The van der Waals surface area contributed by atoms with Crippen LogP contribution in [0.15, 0.2) is 42.5 Å². The first kappa shape index (κ1) is 21.3. The zero-order valence-electron chi connectivity index (χ0n) is 16.3. The van der Waals surface area contributed by atoms with Gasteiger partial charge in [-0.05, 0) is 41.5 Å². The zero-order valence-corrected chi connectivity index (χ0v) is 16.3. The number of aliphatic hydroxyl groups is 1. The maximum Gasteiger partial charge on any atom is 0.308 e. The number of aliphatic hydroxyl groups excluding tert-OH is 1. The Morgan fingerprint density at radius 1 is 1.04 bits per heavy atom. The molecule has 0 spiro atoms. The van der Waals surface area contributed by atoms with E-state index in [2.05, 4.69) is 0 Å². The Morgan fingerprint density at radius 3 is 2.14 bits per heavy atom. The van der Waals surface area contributed by atoms with Crippen molar-refractivity contribution in [2.24, 2.45) is 0 Å². The number of carbonyl (C=O) groups excluding carboxylic acids is 1. The molecule has 7 heteroatoms. The van der Waals surface area contributed by atoms with Gasteiger partial charge in [0.1, 0.15) is 5.75 Å². The van der Waals surface area contributed by atoms with E-state index in [1.165, 1.54) is 27.2 Å². The van der Waals surface area contributed by atoms with Crippen LogP contribution in [0.5, 0.6) is 23.0 Å².